The number of hydrogen-bond acceptors (Lipinski definition) is 5. The number of anilines is 1. The Balaban J connectivity index is 1.87. The monoisotopic (exact) mass is 457 g/mol. The third-order valence-corrected chi connectivity index (χ3v) is 4.83. The van der Waals surface area contributed by atoms with Gasteiger partial charge in [0.05, 0.1) is 23.3 Å². The first-order valence-electron chi connectivity index (χ1n) is 10.1. The third kappa shape index (κ3) is 6.13. The van der Waals surface area contributed by atoms with Gasteiger partial charge in [-0.05, 0) is 48.9 Å². The molecule has 0 saturated carbocycles. The number of amides is 1. The van der Waals surface area contributed by atoms with Gasteiger partial charge in [-0.25, -0.2) is 0 Å². The molecule has 0 heterocycles. The molecule has 33 heavy (non-hydrogen) atoms. The smallest absolute Gasteiger partial charge is 0.266 e. The maximum Gasteiger partial charge on any atom is 0.266 e. The molecule has 0 unspecified atom stereocenters. The molecule has 3 rings (SSSR count). The molecule has 6 nitrogen and oxygen atoms in total. The lowest BCUT2D eigenvalue weighted by Gasteiger charge is -2.15. The number of ether oxygens (including phenoxy) is 2. The Hall–Kier alpha value is -4.26. The number of nitriles is 2. The lowest BCUT2D eigenvalue weighted by atomic mass is 10.1. The predicted molar refractivity (Wildman–Crippen MR) is 127 cm³/mol. The van der Waals surface area contributed by atoms with Crippen molar-refractivity contribution in [3.05, 3.63) is 94.0 Å². The number of benzene rings is 3. The SMILES string of the molecule is CCOc1cc(/C=C(\C#N)C(=O)Nc2ccccc2)cc(Cl)c1OCc1ccccc1C#N. The standard InChI is InChI=1S/C26H20ClN3O3/c1-2-32-24-14-18(12-21(16-29)26(31)30-22-10-4-3-5-11-22)13-23(27)25(24)33-17-20-9-7-6-8-19(20)15-28/h3-14H,2,17H2,1H3,(H,30,31)/b21-12+. The summed E-state index contributed by atoms with van der Waals surface area (Å²) in [6.07, 6.45) is 1.43. The molecule has 7 heteroatoms. The maximum absolute atomic E-state index is 12.5. The van der Waals surface area contributed by atoms with Crippen LogP contribution in [0.5, 0.6) is 11.5 Å². The summed E-state index contributed by atoms with van der Waals surface area (Å²) in [5.41, 5.74) is 2.22. The van der Waals surface area contributed by atoms with E-state index in [1.807, 2.05) is 25.1 Å². The first kappa shape index (κ1) is 23.4. The van der Waals surface area contributed by atoms with Gasteiger partial charge in [-0.1, -0.05) is 48.0 Å². The van der Waals surface area contributed by atoms with Gasteiger partial charge in [-0.15, -0.1) is 0 Å². The molecule has 1 amide bonds. The van der Waals surface area contributed by atoms with Gasteiger partial charge in [0.2, 0.25) is 0 Å². The topological polar surface area (TPSA) is 95.1 Å². The molecule has 0 radical (unpaired) electrons. The molecule has 0 spiro atoms. The molecule has 0 aliphatic carbocycles. The summed E-state index contributed by atoms with van der Waals surface area (Å²) in [4.78, 5) is 12.5. The number of hydrogen-bond donors (Lipinski definition) is 1. The van der Waals surface area contributed by atoms with E-state index in [1.165, 1.54) is 6.08 Å². The minimum Gasteiger partial charge on any atom is -0.490 e. The summed E-state index contributed by atoms with van der Waals surface area (Å²) in [6, 6.07) is 23.3. The molecule has 0 aliphatic heterocycles. The van der Waals surface area contributed by atoms with Crippen LogP contribution in [0.3, 0.4) is 0 Å². The Morgan fingerprint density at radius 1 is 1.06 bits per heavy atom. The Morgan fingerprint density at radius 3 is 2.48 bits per heavy atom. The van der Waals surface area contributed by atoms with E-state index in [9.17, 15) is 15.3 Å². The number of nitrogens with zero attached hydrogens (tertiary/aromatic N) is 2. The molecule has 3 aromatic rings. The molecule has 0 atom stereocenters. The second-order valence-corrected chi connectivity index (χ2v) is 7.22. The quantitative estimate of drug-likeness (QED) is 0.344. The second-order valence-electron chi connectivity index (χ2n) is 6.81. The highest BCUT2D eigenvalue weighted by atomic mass is 35.5. The third-order valence-electron chi connectivity index (χ3n) is 4.55. The molecule has 0 fully saturated rings. The fourth-order valence-corrected chi connectivity index (χ4v) is 3.29. The van der Waals surface area contributed by atoms with Gasteiger partial charge in [0.1, 0.15) is 18.2 Å². The fourth-order valence-electron chi connectivity index (χ4n) is 3.01. The Bertz CT molecular complexity index is 1260. The van der Waals surface area contributed by atoms with Crippen molar-refractivity contribution < 1.29 is 14.3 Å². The summed E-state index contributed by atoms with van der Waals surface area (Å²) < 4.78 is 11.6. The Labute approximate surface area is 197 Å². The van der Waals surface area contributed by atoms with E-state index in [-0.39, 0.29) is 17.2 Å². The van der Waals surface area contributed by atoms with E-state index in [0.29, 0.717) is 40.5 Å². The Kier molecular flexibility index (Phi) is 8.07. The zero-order chi connectivity index (χ0) is 23.6. The van der Waals surface area contributed by atoms with Crippen LogP contribution in [-0.2, 0) is 11.4 Å². The number of nitrogens with one attached hydrogen (secondary N) is 1. The van der Waals surface area contributed by atoms with Crippen molar-refractivity contribution in [1.82, 2.24) is 0 Å². The predicted octanol–water partition coefficient (Wildman–Crippen LogP) is 5.74. The van der Waals surface area contributed by atoms with Gasteiger partial charge in [0.15, 0.2) is 11.5 Å². The average Bonchev–Trinajstić information content (AvgIpc) is 2.83. The lowest BCUT2D eigenvalue weighted by Crippen LogP contribution is -2.13. The van der Waals surface area contributed by atoms with Gasteiger partial charge in [0.25, 0.3) is 5.91 Å². The number of rotatable bonds is 8. The molecule has 0 saturated heterocycles. The molecule has 164 valence electrons. The number of carbonyl (C=O) groups excluding carboxylic acids is 1. The summed E-state index contributed by atoms with van der Waals surface area (Å²) in [5, 5.41) is 21.7. The van der Waals surface area contributed by atoms with E-state index in [1.54, 1.807) is 54.6 Å². The average molecular weight is 458 g/mol. The van der Waals surface area contributed by atoms with E-state index in [2.05, 4.69) is 11.4 Å². The van der Waals surface area contributed by atoms with Gasteiger partial charge in [-0.2, -0.15) is 10.5 Å². The van der Waals surface area contributed by atoms with Crippen LogP contribution in [0, 0.1) is 22.7 Å². The van der Waals surface area contributed by atoms with Crippen molar-refractivity contribution in [1.29, 1.82) is 10.5 Å². The molecule has 0 aliphatic rings. The van der Waals surface area contributed by atoms with Crippen molar-refractivity contribution >= 4 is 29.3 Å². The number of para-hydroxylation sites is 1. The fraction of sp³-hybridized carbons (Fsp3) is 0.115. The zero-order valence-electron chi connectivity index (χ0n) is 17.8. The van der Waals surface area contributed by atoms with Crippen LogP contribution in [0.25, 0.3) is 6.08 Å². The van der Waals surface area contributed by atoms with Gasteiger partial charge >= 0.3 is 0 Å². The highest BCUT2D eigenvalue weighted by Gasteiger charge is 2.15. The van der Waals surface area contributed by atoms with E-state index in [4.69, 9.17) is 21.1 Å². The first-order chi connectivity index (χ1) is 16.0. The van der Waals surface area contributed by atoms with Crippen LogP contribution in [0.4, 0.5) is 5.69 Å². The number of carbonyl (C=O) groups is 1. The van der Waals surface area contributed by atoms with Crippen molar-refractivity contribution in [2.24, 2.45) is 0 Å². The molecule has 1 N–H and O–H groups in total. The van der Waals surface area contributed by atoms with Crippen molar-refractivity contribution in [2.45, 2.75) is 13.5 Å². The van der Waals surface area contributed by atoms with E-state index in [0.717, 1.165) is 0 Å². The van der Waals surface area contributed by atoms with Crippen LogP contribution in [-0.4, -0.2) is 12.5 Å². The normalized spacial score (nSPS) is 10.6. The van der Waals surface area contributed by atoms with E-state index >= 15 is 0 Å². The van der Waals surface area contributed by atoms with Crippen LogP contribution in [0.1, 0.15) is 23.6 Å². The maximum atomic E-state index is 12.5. The minimum atomic E-state index is -0.536. The molecule has 3 aromatic carbocycles. The van der Waals surface area contributed by atoms with Crippen molar-refractivity contribution in [3.8, 4) is 23.6 Å². The highest BCUT2D eigenvalue weighted by molar-refractivity contribution is 6.32. The van der Waals surface area contributed by atoms with Gasteiger partial charge in [0, 0.05) is 11.3 Å². The molecule has 0 aromatic heterocycles. The first-order valence-corrected chi connectivity index (χ1v) is 10.5. The molecular formula is C26H20ClN3O3. The number of halogens is 1. The molecule has 0 bridgehead atoms. The highest BCUT2D eigenvalue weighted by Crippen LogP contribution is 2.38. The summed E-state index contributed by atoms with van der Waals surface area (Å²) in [7, 11) is 0. The summed E-state index contributed by atoms with van der Waals surface area (Å²) >= 11 is 6.46. The van der Waals surface area contributed by atoms with Crippen LogP contribution >= 0.6 is 11.6 Å². The largest absolute Gasteiger partial charge is 0.490 e. The lowest BCUT2D eigenvalue weighted by molar-refractivity contribution is -0.112. The summed E-state index contributed by atoms with van der Waals surface area (Å²) in [5.74, 6) is 0.147. The van der Waals surface area contributed by atoms with Gasteiger partial charge in [-0.3, -0.25) is 4.79 Å². The second kappa shape index (κ2) is 11.4. The molecular weight excluding hydrogens is 438 g/mol. The van der Waals surface area contributed by atoms with E-state index < -0.39 is 5.91 Å². The van der Waals surface area contributed by atoms with Crippen LogP contribution in [0.15, 0.2) is 72.3 Å². The minimum absolute atomic E-state index is 0.0889. The van der Waals surface area contributed by atoms with Crippen LogP contribution in [0.2, 0.25) is 5.02 Å². The van der Waals surface area contributed by atoms with Crippen molar-refractivity contribution in [3.63, 3.8) is 0 Å². The van der Waals surface area contributed by atoms with Crippen molar-refractivity contribution in [2.75, 3.05) is 11.9 Å². The van der Waals surface area contributed by atoms with Gasteiger partial charge < -0.3 is 14.8 Å². The summed E-state index contributed by atoms with van der Waals surface area (Å²) in [6.45, 7) is 2.30. The Morgan fingerprint density at radius 2 is 1.79 bits per heavy atom. The zero-order valence-corrected chi connectivity index (χ0v) is 18.6. The van der Waals surface area contributed by atoms with Crippen LogP contribution < -0.4 is 14.8 Å².